The minimum absolute atomic E-state index is 0.674. The second-order valence-electron chi connectivity index (χ2n) is 3.80. The van der Waals surface area contributed by atoms with Crippen molar-refractivity contribution in [1.29, 1.82) is 0 Å². The van der Waals surface area contributed by atoms with Gasteiger partial charge in [0.1, 0.15) is 0 Å². The van der Waals surface area contributed by atoms with Crippen molar-refractivity contribution in [2.24, 2.45) is 4.99 Å². The van der Waals surface area contributed by atoms with Gasteiger partial charge in [0.05, 0.1) is 11.4 Å². The van der Waals surface area contributed by atoms with Gasteiger partial charge >= 0.3 is 0 Å². The Kier molecular flexibility index (Phi) is 3.10. The smallest absolute Gasteiger partial charge is 0.0578 e. The fraction of sp³-hybridized carbons (Fsp3) is 0.250. The first-order chi connectivity index (χ1) is 7.75. The molecule has 0 bridgehead atoms. The molecule has 0 aromatic heterocycles. The Morgan fingerprint density at radius 3 is 2.88 bits per heavy atom. The van der Waals surface area contributed by atoms with Gasteiger partial charge in [-0.3, -0.25) is 4.99 Å². The minimum Gasteiger partial charge on any atom is -0.399 e. The molecule has 4 heteroatoms. The minimum atomic E-state index is 0.674. The van der Waals surface area contributed by atoms with Gasteiger partial charge in [-0.15, -0.1) is 0 Å². The van der Waals surface area contributed by atoms with Crippen molar-refractivity contribution in [2.75, 3.05) is 29.9 Å². The highest BCUT2D eigenvalue weighted by molar-refractivity contribution is 5.81. The van der Waals surface area contributed by atoms with E-state index in [0.717, 1.165) is 25.2 Å². The van der Waals surface area contributed by atoms with E-state index in [9.17, 15) is 0 Å². The second-order valence-corrected chi connectivity index (χ2v) is 3.80. The summed E-state index contributed by atoms with van der Waals surface area (Å²) in [5, 5.41) is 3.27. The Labute approximate surface area is 95.1 Å². The van der Waals surface area contributed by atoms with Gasteiger partial charge in [-0.2, -0.15) is 0 Å². The van der Waals surface area contributed by atoms with Crippen LogP contribution >= 0.6 is 0 Å². The van der Waals surface area contributed by atoms with Gasteiger partial charge in [0.2, 0.25) is 0 Å². The van der Waals surface area contributed by atoms with E-state index >= 15 is 0 Å². The summed E-state index contributed by atoms with van der Waals surface area (Å²) in [7, 11) is 0. The van der Waals surface area contributed by atoms with Crippen LogP contribution in [-0.2, 0) is 0 Å². The standard InChI is InChI=1S/C12H16N4/c13-10-3-4-12(11(14)6-10)16-8-9-2-1-5-15-7-9/h2-4,6-7,16H,1,5,8,13-14H2. The molecule has 1 aliphatic rings. The predicted molar refractivity (Wildman–Crippen MR) is 69.8 cm³/mol. The van der Waals surface area contributed by atoms with Crippen LogP contribution in [-0.4, -0.2) is 19.3 Å². The Bertz CT molecular complexity index is 435. The number of nitrogen functional groups attached to an aromatic ring is 2. The van der Waals surface area contributed by atoms with Gasteiger partial charge < -0.3 is 16.8 Å². The van der Waals surface area contributed by atoms with Crippen molar-refractivity contribution in [3.8, 4) is 0 Å². The first kappa shape index (κ1) is 10.5. The normalized spacial score (nSPS) is 14.6. The van der Waals surface area contributed by atoms with E-state index in [2.05, 4.69) is 16.4 Å². The molecule has 2 rings (SSSR count). The maximum Gasteiger partial charge on any atom is 0.0578 e. The molecule has 0 fully saturated rings. The zero-order valence-corrected chi connectivity index (χ0v) is 9.11. The van der Waals surface area contributed by atoms with Crippen molar-refractivity contribution in [1.82, 2.24) is 0 Å². The summed E-state index contributed by atoms with van der Waals surface area (Å²) >= 11 is 0. The van der Waals surface area contributed by atoms with Gasteiger partial charge in [-0.1, -0.05) is 6.08 Å². The van der Waals surface area contributed by atoms with E-state index < -0.39 is 0 Å². The number of nitrogens with two attached hydrogens (primary N) is 2. The zero-order chi connectivity index (χ0) is 11.4. The Morgan fingerprint density at radius 2 is 2.19 bits per heavy atom. The van der Waals surface area contributed by atoms with E-state index in [0.29, 0.717) is 11.4 Å². The lowest BCUT2D eigenvalue weighted by Gasteiger charge is -2.11. The van der Waals surface area contributed by atoms with Crippen LogP contribution in [0, 0.1) is 0 Å². The summed E-state index contributed by atoms with van der Waals surface area (Å²) in [6, 6.07) is 5.49. The largest absolute Gasteiger partial charge is 0.399 e. The molecule has 4 nitrogen and oxygen atoms in total. The Morgan fingerprint density at radius 1 is 1.31 bits per heavy atom. The van der Waals surface area contributed by atoms with Gasteiger partial charge in [0.15, 0.2) is 0 Å². The number of dihydropyridines is 1. The summed E-state index contributed by atoms with van der Waals surface area (Å²) in [6.45, 7) is 1.64. The van der Waals surface area contributed by atoms with Crippen LogP contribution < -0.4 is 16.8 Å². The molecule has 0 amide bonds. The van der Waals surface area contributed by atoms with Crippen molar-refractivity contribution in [2.45, 2.75) is 6.42 Å². The lowest BCUT2D eigenvalue weighted by Crippen LogP contribution is -2.09. The summed E-state index contributed by atoms with van der Waals surface area (Å²) in [6.07, 6.45) is 5.11. The maximum absolute atomic E-state index is 5.84. The molecule has 0 saturated heterocycles. The molecule has 0 radical (unpaired) electrons. The molecular formula is C12H16N4. The highest BCUT2D eigenvalue weighted by Gasteiger charge is 2.01. The number of hydrogen-bond acceptors (Lipinski definition) is 4. The van der Waals surface area contributed by atoms with Gasteiger partial charge in [-0.25, -0.2) is 0 Å². The molecule has 0 atom stereocenters. The molecule has 0 saturated carbocycles. The molecule has 16 heavy (non-hydrogen) atoms. The third-order valence-electron chi connectivity index (χ3n) is 2.48. The van der Waals surface area contributed by atoms with Crippen LogP contribution in [0.3, 0.4) is 0 Å². The monoisotopic (exact) mass is 216 g/mol. The average molecular weight is 216 g/mol. The van der Waals surface area contributed by atoms with Crippen molar-refractivity contribution in [3.63, 3.8) is 0 Å². The van der Waals surface area contributed by atoms with E-state index in [1.54, 1.807) is 6.07 Å². The SMILES string of the molecule is Nc1ccc(NCC2=CCCN=C2)c(N)c1. The number of aliphatic imine (C=N–C) groups is 1. The Balaban J connectivity index is 1.99. The second kappa shape index (κ2) is 4.70. The van der Waals surface area contributed by atoms with Crippen molar-refractivity contribution >= 4 is 23.3 Å². The first-order valence-corrected chi connectivity index (χ1v) is 5.33. The van der Waals surface area contributed by atoms with Crippen LogP contribution in [0.5, 0.6) is 0 Å². The number of hydrogen-bond donors (Lipinski definition) is 3. The number of nitrogens with zero attached hydrogens (tertiary/aromatic N) is 1. The number of rotatable bonds is 3. The molecule has 1 aromatic carbocycles. The lowest BCUT2D eigenvalue weighted by atomic mass is 10.2. The van der Waals surface area contributed by atoms with Crippen LogP contribution in [0.15, 0.2) is 34.8 Å². The summed E-state index contributed by atoms with van der Waals surface area (Å²) < 4.78 is 0. The number of benzene rings is 1. The van der Waals surface area contributed by atoms with Crippen LogP contribution in [0.2, 0.25) is 0 Å². The van der Waals surface area contributed by atoms with Crippen molar-refractivity contribution < 1.29 is 0 Å². The van der Waals surface area contributed by atoms with Crippen LogP contribution in [0.4, 0.5) is 17.1 Å². The molecule has 1 aromatic rings. The van der Waals surface area contributed by atoms with E-state index in [1.165, 1.54) is 5.57 Å². The molecule has 1 aliphatic heterocycles. The summed E-state index contributed by atoms with van der Waals surface area (Å²) in [5.41, 5.74) is 14.9. The fourth-order valence-electron chi connectivity index (χ4n) is 1.62. The van der Waals surface area contributed by atoms with E-state index in [4.69, 9.17) is 11.5 Å². The lowest BCUT2D eigenvalue weighted by molar-refractivity contribution is 0.982. The first-order valence-electron chi connectivity index (χ1n) is 5.33. The van der Waals surface area contributed by atoms with Crippen LogP contribution in [0.25, 0.3) is 0 Å². The fourth-order valence-corrected chi connectivity index (χ4v) is 1.62. The molecular weight excluding hydrogens is 200 g/mol. The van der Waals surface area contributed by atoms with E-state index in [-0.39, 0.29) is 0 Å². The molecule has 1 heterocycles. The van der Waals surface area contributed by atoms with E-state index in [1.807, 2.05) is 18.3 Å². The third-order valence-corrected chi connectivity index (χ3v) is 2.48. The van der Waals surface area contributed by atoms with Crippen molar-refractivity contribution in [3.05, 3.63) is 29.8 Å². The number of anilines is 3. The third kappa shape index (κ3) is 2.53. The van der Waals surface area contributed by atoms with Crippen LogP contribution in [0.1, 0.15) is 6.42 Å². The molecule has 84 valence electrons. The van der Waals surface area contributed by atoms with Gasteiger partial charge in [0, 0.05) is 25.0 Å². The quantitative estimate of drug-likeness (QED) is 0.672. The molecule has 0 aliphatic carbocycles. The van der Waals surface area contributed by atoms with Gasteiger partial charge in [-0.05, 0) is 30.2 Å². The predicted octanol–water partition coefficient (Wildman–Crippen LogP) is 1.66. The summed E-state index contributed by atoms with van der Waals surface area (Å²) in [5.74, 6) is 0. The van der Waals surface area contributed by atoms with Gasteiger partial charge in [0.25, 0.3) is 0 Å². The summed E-state index contributed by atoms with van der Waals surface area (Å²) in [4.78, 5) is 4.22. The average Bonchev–Trinajstić information content (AvgIpc) is 2.29. The molecule has 0 unspecified atom stereocenters. The topological polar surface area (TPSA) is 76.4 Å². The molecule has 0 spiro atoms. The Hall–Kier alpha value is -1.97. The maximum atomic E-state index is 5.84. The number of nitrogens with one attached hydrogen (secondary N) is 1. The highest BCUT2D eigenvalue weighted by atomic mass is 14.9. The highest BCUT2D eigenvalue weighted by Crippen LogP contribution is 2.21. The zero-order valence-electron chi connectivity index (χ0n) is 9.11. The molecule has 5 N–H and O–H groups in total.